The Labute approximate surface area is 216 Å². The Hall–Kier alpha value is -3.12. The number of aliphatic hydroxyl groups is 1. The number of methoxy groups -OCH3 is 1. The molecule has 0 amide bonds. The maximum absolute atomic E-state index is 12.4. The van der Waals surface area contributed by atoms with Crippen LogP contribution in [0.5, 0.6) is 5.75 Å². The Balaban J connectivity index is 1.48. The van der Waals surface area contributed by atoms with Crippen molar-refractivity contribution in [1.82, 2.24) is 9.88 Å². The van der Waals surface area contributed by atoms with Crippen molar-refractivity contribution in [3.8, 4) is 17.6 Å². The number of aliphatic hydroxyl groups excluding tert-OH is 1. The van der Waals surface area contributed by atoms with Crippen LogP contribution in [0, 0.1) is 17.3 Å². The molecule has 1 aliphatic rings. The van der Waals surface area contributed by atoms with E-state index in [0.29, 0.717) is 51.1 Å². The molecule has 4 rings (SSSR count). The Morgan fingerprint density at radius 2 is 2.08 bits per heavy atom. The number of piperidine rings is 1. The first-order valence-corrected chi connectivity index (χ1v) is 13.0. The molecule has 1 atom stereocenters. The molecule has 3 heterocycles. The summed E-state index contributed by atoms with van der Waals surface area (Å²) in [4.78, 5) is 22.1. The first kappa shape index (κ1) is 26.0. The zero-order valence-electron chi connectivity index (χ0n) is 21.0. The summed E-state index contributed by atoms with van der Waals surface area (Å²) < 4.78 is 5.40. The van der Waals surface area contributed by atoms with Crippen molar-refractivity contribution in [1.29, 1.82) is 0 Å². The van der Waals surface area contributed by atoms with Gasteiger partial charge in [-0.05, 0) is 55.3 Å². The van der Waals surface area contributed by atoms with Gasteiger partial charge in [0.25, 0.3) is 0 Å². The smallest absolute Gasteiger partial charge is 0.309 e. The summed E-state index contributed by atoms with van der Waals surface area (Å²) in [7, 11) is 5.43. The SMILES string of the molecule is COc1ccc2ncc(N(C)C)c(C(O)CCC3(C(=O)O)CCN(CC#Cc4cccs4)CC3)c2c1. The fraction of sp³-hybridized carbons (Fsp3) is 0.429. The van der Waals surface area contributed by atoms with Gasteiger partial charge in [-0.2, -0.15) is 0 Å². The average molecular weight is 508 g/mol. The molecule has 1 aromatic carbocycles. The van der Waals surface area contributed by atoms with Gasteiger partial charge in [0.1, 0.15) is 5.75 Å². The van der Waals surface area contributed by atoms with E-state index >= 15 is 0 Å². The highest BCUT2D eigenvalue weighted by molar-refractivity contribution is 7.10. The molecule has 7 nitrogen and oxygen atoms in total. The molecule has 1 fully saturated rings. The number of likely N-dealkylation sites (tertiary alicyclic amines) is 1. The number of thiophene rings is 1. The third-order valence-electron chi connectivity index (χ3n) is 7.11. The Morgan fingerprint density at radius 3 is 2.72 bits per heavy atom. The molecule has 2 aromatic heterocycles. The molecule has 8 heteroatoms. The third-order valence-corrected chi connectivity index (χ3v) is 7.89. The number of aromatic nitrogens is 1. The average Bonchev–Trinajstić information content (AvgIpc) is 3.40. The molecular weight excluding hydrogens is 474 g/mol. The molecule has 3 aromatic rings. The molecule has 36 heavy (non-hydrogen) atoms. The van der Waals surface area contributed by atoms with Gasteiger partial charge in [-0.3, -0.25) is 14.7 Å². The largest absolute Gasteiger partial charge is 0.497 e. The number of hydrogen-bond donors (Lipinski definition) is 2. The van der Waals surface area contributed by atoms with Gasteiger partial charge in [-0.25, -0.2) is 0 Å². The van der Waals surface area contributed by atoms with Crippen molar-refractivity contribution in [3.05, 3.63) is 52.3 Å². The number of hydrogen-bond acceptors (Lipinski definition) is 7. The summed E-state index contributed by atoms with van der Waals surface area (Å²) in [5.74, 6) is 6.28. The van der Waals surface area contributed by atoms with Crippen LogP contribution < -0.4 is 9.64 Å². The van der Waals surface area contributed by atoms with Crippen LogP contribution >= 0.6 is 11.3 Å². The van der Waals surface area contributed by atoms with Crippen molar-refractivity contribution in [2.75, 3.05) is 45.7 Å². The highest BCUT2D eigenvalue weighted by atomic mass is 32.1. The van der Waals surface area contributed by atoms with Gasteiger partial charge in [0, 0.05) is 38.1 Å². The number of pyridine rings is 1. The van der Waals surface area contributed by atoms with Crippen molar-refractivity contribution in [3.63, 3.8) is 0 Å². The van der Waals surface area contributed by atoms with Crippen LogP contribution in [0.3, 0.4) is 0 Å². The lowest BCUT2D eigenvalue weighted by molar-refractivity contribution is -0.153. The van der Waals surface area contributed by atoms with Gasteiger partial charge >= 0.3 is 5.97 Å². The summed E-state index contributed by atoms with van der Waals surface area (Å²) >= 11 is 1.62. The second kappa shape index (κ2) is 11.3. The maximum Gasteiger partial charge on any atom is 0.309 e. The van der Waals surface area contributed by atoms with E-state index in [9.17, 15) is 15.0 Å². The van der Waals surface area contributed by atoms with E-state index in [1.807, 2.05) is 54.7 Å². The molecule has 0 radical (unpaired) electrons. The van der Waals surface area contributed by atoms with Gasteiger partial charge < -0.3 is 19.8 Å². The van der Waals surface area contributed by atoms with Gasteiger partial charge in [-0.1, -0.05) is 17.9 Å². The van der Waals surface area contributed by atoms with E-state index in [2.05, 4.69) is 21.7 Å². The number of aliphatic carboxylic acids is 1. The van der Waals surface area contributed by atoms with Crippen LogP contribution in [0.25, 0.3) is 10.9 Å². The summed E-state index contributed by atoms with van der Waals surface area (Å²) in [6.07, 6.45) is 2.77. The molecule has 1 aliphatic heterocycles. The third kappa shape index (κ3) is 5.65. The van der Waals surface area contributed by atoms with Gasteiger partial charge in [0.05, 0.1) is 47.5 Å². The van der Waals surface area contributed by atoms with Gasteiger partial charge in [0.15, 0.2) is 0 Å². The molecule has 0 saturated carbocycles. The molecule has 0 spiro atoms. The highest BCUT2D eigenvalue weighted by Crippen LogP contribution is 2.41. The number of nitrogens with zero attached hydrogens (tertiary/aromatic N) is 3. The fourth-order valence-electron chi connectivity index (χ4n) is 4.87. The lowest BCUT2D eigenvalue weighted by atomic mass is 9.74. The molecule has 190 valence electrons. The number of rotatable bonds is 8. The number of carboxylic acids is 1. The van der Waals surface area contributed by atoms with Crippen molar-refractivity contribution < 1.29 is 19.7 Å². The zero-order chi connectivity index (χ0) is 25.7. The monoisotopic (exact) mass is 507 g/mol. The van der Waals surface area contributed by atoms with Gasteiger partial charge in [0.2, 0.25) is 0 Å². The maximum atomic E-state index is 12.4. The summed E-state index contributed by atoms with van der Waals surface area (Å²) in [5.41, 5.74) is 1.48. The number of benzene rings is 1. The Morgan fingerprint density at radius 1 is 1.31 bits per heavy atom. The first-order chi connectivity index (χ1) is 17.3. The summed E-state index contributed by atoms with van der Waals surface area (Å²) in [6, 6.07) is 9.59. The number of carbonyl (C=O) groups is 1. The van der Waals surface area contributed by atoms with Crippen LogP contribution in [-0.2, 0) is 4.79 Å². The molecule has 0 bridgehead atoms. The normalized spacial score (nSPS) is 16.2. The van der Waals surface area contributed by atoms with Crippen molar-refractivity contribution in [2.24, 2.45) is 5.41 Å². The predicted molar refractivity (Wildman–Crippen MR) is 144 cm³/mol. The van der Waals surface area contributed by atoms with E-state index < -0.39 is 17.5 Å². The quantitative estimate of drug-likeness (QED) is 0.437. The molecule has 2 N–H and O–H groups in total. The van der Waals surface area contributed by atoms with E-state index in [-0.39, 0.29) is 0 Å². The second-order valence-corrected chi connectivity index (χ2v) is 10.5. The first-order valence-electron chi connectivity index (χ1n) is 12.1. The highest BCUT2D eigenvalue weighted by Gasteiger charge is 2.41. The van der Waals surface area contributed by atoms with E-state index in [1.165, 1.54) is 0 Å². The molecule has 1 unspecified atom stereocenters. The number of anilines is 1. The van der Waals surface area contributed by atoms with Crippen LogP contribution in [0.4, 0.5) is 5.69 Å². The van der Waals surface area contributed by atoms with Crippen LogP contribution in [-0.4, -0.2) is 66.9 Å². The number of carboxylic acid groups (broad SMARTS) is 1. The molecule has 1 saturated heterocycles. The minimum absolute atomic E-state index is 0.349. The Kier molecular flexibility index (Phi) is 8.14. The van der Waals surface area contributed by atoms with Crippen LogP contribution in [0.15, 0.2) is 41.9 Å². The minimum Gasteiger partial charge on any atom is -0.497 e. The zero-order valence-corrected chi connectivity index (χ0v) is 21.8. The topological polar surface area (TPSA) is 86.1 Å². The fourth-order valence-corrected chi connectivity index (χ4v) is 5.46. The standard InChI is InChI=1S/C28H33N3O4S/c1-30(2)24-19-29-23-9-8-20(35-3)18-22(23)26(24)25(32)10-11-28(27(33)34)12-15-31(16-13-28)14-4-6-21-7-5-17-36-21/h5,7-9,17-19,25,32H,10-16H2,1-3H3,(H,33,34). The van der Waals surface area contributed by atoms with E-state index in [0.717, 1.165) is 27.0 Å². The summed E-state index contributed by atoms with van der Waals surface area (Å²) in [5, 5.41) is 24.4. The molecule has 0 aliphatic carbocycles. The van der Waals surface area contributed by atoms with Crippen molar-refractivity contribution in [2.45, 2.75) is 31.8 Å². The van der Waals surface area contributed by atoms with Crippen molar-refractivity contribution >= 4 is 33.9 Å². The van der Waals surface area contributed by atoms with E-state index in [1.54, 1.807) is 24.6 Å². The summed E-state index contributed by atoms with van der Waals surface area (Å²) in [6.45, 7) is 1.99. The second-order valence-electron chi connectivity index (χ2n) is 9.53. The van der Waals surface area contributed by atoms with Gasteiger partial charge in [-0.15, -0.1) is 11.3 Å². The number of fused-ring (bicyclic) bond motifs is 1. The molecular formula is C28H33N3O4S. The van der Waals surface area contributed by atoms with Crippen LogP contribution in [0.2, 0.25) is 0 Å². The Bertz CT molecular complexity index is 1260. The predicted octanol–water partition coefficient (Wildman–Crippen LogP) is 4.40. The van der Waals surface area contributed by atoms with E-state index in [4.69, 9.17) is 4.74 Å². The van der Waals surface area contributed by atoms with Crippen LogP contribution in [0.1, 0.15) is 42.2 Å². The lowest BCUT2D eigenvalue weighted by Crippen LogP contribution is -2.44. The lowest BCUT2D eigenvalue weighted by Gasteiger charge is -2.38. The minimum atomic E-state index is -0.850. The number of ether oxygens (including phenoxy) is 1.